The summed E-state index contributed by atoms with van der Waals surface area (Å²) in [6.45, 7) is 8.91. The fourth-order valence-electron chi connectivity index (χ4n) is 0.835. The number of ketones is 1. The van der Waals surface area contributed by atoms with Crippen molar-refractivity contribution in [2.45, 2.75) is 47.0 Å². The lowest BCUT2D eigenvalue weighted by Crippen LogP contribution is -2.25. The number of unbranched alkanes of at least 4 members (excludes halogenated alkanes) is 2. The van der Waals surface area contributed by atoms with Crippen molar-refractivity contribution in [3.63, 3.8) is 0 Å². The van der Waals surface area contributed by atoms with Gasteiger partial charge < -0.3 is 4.74 Å². The Morgan fingerprint density at radius 3 is 2.31 bits per heavy atom. The molecule has 0 heterocycles. The van der Waals surface area contributed by atoms with Gasteiger partial charge in [0.15, 0.2) is 5.78 Å². The largest absolute Gasteiger partial charge is 0.374 e. The second-order valence-corrected chi connectivity index (χ2v) is 4.43. The van der Waals surface area contributed by atoms with Gasteiger partial charge in [0.05, 0.1) is 0 Å². The van der Waals surface area contributed by atoms with E-state index in [0.29, 0.717) is 0 Å². The zero-order valence-corrected chi connectivity index (χ0v) is 9.35. The highest BCUT2D eigenvalue weighted by molar-refractivity contribution is 5.84. The van der Waals surface area contributed by atoms with E-state index >= 15 is 0 Å². The molecule has 0 aromatic rings. The zero-order valence-electron chi connectivity index (χ0n) is 9.35. The highest BCUT2D eigenvalue weighted by atomic mass is 16.5. The number of Topliss-reactive ketones (excluding diaryl/α,β-unsaturated/α-hetero) is 1. The normalized spacial score (nSPS) is 11.7. The number of ether oxygens (including phenoxy) is 1. The van der Waals surface area contributed by atoms with Crippen LogP contribution in [0.25, 0.3) is 0 Å². The third kappa shape index (κ3) is 6.76. The van der Waals surface area contributed by atoms with Crippen LogP contribution in [0.3, 0.4) is 0 Å². The molecule has 0 bridgehead atoms. The van der Waals surface area contributed by atoms with Crippen LogP contribution in [0, 0.1) is 5.41 Å². The van der Waals surface area contributed by atoms with Crippen LogP contribution in [0.1, 0.15) is 47.0 Å². The van der Waals surface area contributed by atoms with Crippen LogP contribution in [-0.2, 0) is 9.53 Å². The fourth-order valence-corrected chi connectivity index (χ4v) is 0.835. The predicted molar refractivity (Wildman–Crippen MR) is 54.8 cm³/mol. The molecule has 0 aliphatic rings. The van der Waals surface area contributed by atoms with Gasteiger partial charge in [-0.1, -0.05) is 40.5 Å². The van der Waals surface area contributed by atoms with Gasteiger partial charge in [0.1, 0.15) is 6.61 Å². The Bertz CT molecular complexity index is 145. The first kappa shape index (κ1) is 12.6. The summed E-state index contributed by atoms with van der Waals surface area (Å²) < 4.78 is 5.27. The zero-order chi connectivity index (χ0) is 10.3. The first-order chi connectivity index (χ1) is 5.98. The predicted octanol–water partition coefficient (Wildman–Crippen LogP) is 2.81. The average molecular weight is 186 g/mol. The summed E-state index contributed by atoms with van der Waals surface area (Å²) in [7, 11) is 0. The van der Waals surface area contributed by atoms with Crippen LogP contribution < -0.4 is 0 Å². The van der Waals surface area contributed by atoms with Crippen molar-refractivity contribution < 1.29 is 9.53 Å². The minimum atomic E-state index is -0.259. The Morgan fingerprint density at radius 2 is 1.85 bits per heavy atom. The van der Waals surface area contributed by atoms with Gasteiger partial charge in [-0.3, -0.25) is 4.79 Å². The number of rotatable bonds is 6. The summed E-state index contributed by atoms with van der Waals surface area (Å²) in [4.78, 5) is 11.4. The number of hydrogen-bond acceptors (Lipinski definition) is 2. The van der Waals surface area contributed by atoms with E-state index in [1.165, 1.54) is 12.8 Å². The minimum Gasteiger partial charge on any atom is -0.374 e. The van der Waals surface area contributed by atoms with Crippen LogP contribution in [0.2, 0.25) is 0 Å². The van der Waals surface area contributed by atoms with Gasteiger partial charge >= 0.3 is 0 Å². The summed E-state index contributed by atoms with van der Waals surface area (Å²) in [5, 5.41) is 0. The van der Waals surface area contributed by atoms with Gasteiger partial charge in [-0.15, -0.1) is 0 Å². The van der Waals surface area contributed by atoms with Gasteiger partial charge in [-0.2, -0.15) is 0 Å². The molecule has 0 rings (SSSR count). The maximum absolute atomic E-state index is 11.4. The van der Waals surface area contributed by atoms with E-state index in [1.54, 1.807) is 0 Å². The Hall–Kier alpha value is -0.370. The molecule has 2 nitrogen and oxygen atoms in total. The molecule has 2 heteroatoms. The van der Waals surface area contributed by atoms with Gasteiger partial charge in [0.25, 0.3) is 0 Å². The molecule has 0 atom stereocenters. The first-order valence-corrected chi connectivity index (χ1v) is 5.09. The molecule has 0 aliphatic heterocycles. The van der Waals surface area contributed by atoms with Crippen LogP contribution >= 0.6 is 0 Å². The smallest absolute Gasteiger partial charge is 0.163 e. The van der Waals surface area contributed by atoms with Crippen LogP contribution in [0.15, 0.2) is 0 Å². The second kappa shape index (κ2) is 6.14. The Labute approximate surface area is 81.7 Å². The third-order valence-electron chi connectivity index (χ3n) is 1.96. The highest BCUT2D eigenvalue weighted by Gasteiger charge is 2.20. The van der Waals surface area contributed by atoms with Crippen LogP contribution in [0.5, 0.6) is 0 Å². The van der Waals surface area contributed by atoms with Crippen LogP contribution in [0.4, 0.5) is 0 Å². The molecule has 0 N–H and O–H groups in total. The van der Waals surface area contributed by atoms with Crippen LogP contribution in [-0.4, -0.2) is 19.0 Å². The molecule has 13 heavy (non-hydrogen) atoms. The molecule has 0 saturated carbocycles. The maximum atomic E-state index is 11.4. The lowest BCUT2D eigenvalue weighted by Gasteiger charge is -2.16. The number of carbonyl (C=O) groups is 1. The molecule has 0 aliphatic carbocycles. The molecule has 0 amide bonds. The monoisotopic (exact) mass is 186 g/mol. The summed E-state index contributed by atoms with van der Waals surface area (Å²) in [5.41, 5.74) is -0.259. The molecule has 78 valence electrons. The van der Waals surface area contributed by atoms with Crippen molar-refractivity contribution in [1.29, 1.82) is 0 Å². The number of hydrogen-bond donors (Lipinski definition) is 0. The molecule has 0 fully saturated rings. The molecule has 0 unspecified atom stereocenters. The molecule has 0 aromatic heterocycles. The van der Waals surface area contributed by atoms with E-state index in [0.717, 1.165) is 13.0 Å². The van der Waals surface area contributed by atoms with E-state index < -0.39 is 0 Å². The summed E-state index contributed by atoms with van der Waals surface area (Å²) >= 11 is 0. The van der Waals surface area contributed by atoms with Crippen molar-refractivity contribution in [3.05, 3.63) is 0 Å². The molecular formula is C11H22O2. The van der Waals surface area contributed by atoms with Crippen molar-refractivity contribution in [2.75, 3.05) is 13.2 Å². The maximum Gasteiger partial charge on any atom is 0.163 e. The molecule has 0 aromatic carbocycles. The van der Waals surface area contributed by atoms with E-state index in [4.69, 9.17) is 4.74 Å². The van der Waals surface area contributed by atoms with Gasteiger partial charge in [0, 0.05) is 12.0 Å². The quantitative estimate of drug-likeness (QED) is 0.596. The Morgan fingerprint density at radius 1 is 1.23 bits per heavy atom. The Balaban J connectivity index is 3.38. The molecule has 0 saturated heterocycles. The first-order valence-electron chi connectivity index (χ1n) is 5.09. The molecule has 0 radical (unpaired) electrons. The summed E-state index contributed by atoms with van der Waals surface area (Å²) in [5.74, 6) is 0.184. The number of carbonyl (C=O) groups excluding carboxylic acids is 1. The van der Waals surface area contributed by atoms with Crippen molar-refractivity contribution in [1.82, 2.24) is 0 Å². The SMILES string of the molecule is CCCCCOCC(=O)C(C)(C)C. The van der Waals surface area contributed by atoms with Crippen molar-refractivity contribution in [3.8, 4) is 0 Å². The minimum absolute atomic E-state index is 0.184. The van der Waals surface area contributed by atoms with Crippen molar-refractivity contribution in [2.24, 2.45) is 5.41 Å². The van der Waals surface area contributed by atoms with Gasteiger partial charge in [0.2, 0.25) is 0 Å². The lowest BCUT2D eigenvalue weighted by atomic mass is 9.91. The summed E-state index contributed by atoms with van der Waals surface area (Å²) in [6, 6.07) is 0. The third-order valence-corrected chi connectivity index (χ3v) is 1.96. The Kier molecular flexibility index (Phi) is 5.97. The van der Waals surface area contributed by atoms with E-state index in [9.17, 15) is 4.79 Å². The molecular weight excluding hydrogens is 164 g/mol. The molecule has 0 spiro atoms. The standard InChI is InChI=1S/C11H22O2/c1-5-6-7-8-13-9-10(12)11(2,3)4/h5-9H2,1-4H3. The van der Waals surface area contributed by atoms with Gasteiger partial charge in [-0.25, -0.2) is 0 Å². The van der Waals surface area contributed by atoms with E-state index in [-0.39, 0.29) is 17.8 Å². The van der Waals surface area contributed by atoms with E-state index in [1.807, 2.05) is 20.8 Å². The summed E-state index contributed by atoms with van der Waals surface area (Å²) in [6.07, 6.45) is 3.44. The lowest BCUT2D eigenvalue weighted by molar-refractivity contribution is -0.131. The van der Waals surface area contributed by atoms with E-state index in [2.05, 4.69) is 6.92 Å². The average Bonchev–Trinajstić information content (AvgIpc) is 2.02. The fraction of sp³-hybridized carbons (Fsp3) is 0.909. The topological polar surface area (TPSA) is 26.3 Å². The van der Waals surface area contributed by atoms with Crippen molar-refractivity contribution >= 4 is 5.78 Å². The van der Waals surface area contributed by atoms with Gasteiger partial charge in [-0.05, 0) is 6.42 Å². The second-order valence-electron chi connectivity index (χ2n) is 4.43. The highest BCUT2D eigenvalue weighted by Crippen LogP contribution is 2.14.